The number of benzene rings is 1. The summed E-state index contributed by atoms with van der Waals surface area (Å²) in [4.78, 5) is 13.7. The van der Waals surface area contributed by atoms with Crippen LogP contribution >= 0.6 is 11.3 Å². The van der Waals surface area contributed by atoms with Gasteiger partial charge in [-0.15, -0.1) is 11.3 Å². The Morgan fingerprint density at radius 2 is 1.89 bits per heavy atom. The molecule has 142 valence electrons. The topological polar surface area (TPSA) is 53.5 Å². The molecule has 1 saturated heterocycles. The van der Waals surface area contributed by atoms with E-state index in [1.165, 1.54) is 5.69 Å². The third-order valence-corrected chi connectivity index (χ3v) is 5.91. The van der Waals surface area contributed by atoms with Crippen molar-refractivity contribution in [3.05, 3.63) is 42.0 Å². The fourth-order valence-electron chi connectivity index (χ4n) is 3.45. The van der Waals surface area contributed by atoms with E-state index in [9.17, 15) is 0 Å². The minimum absolute atomic E-state index is 0.911. The molecule has 2 aromatic heterocycles. The minimum atomic E-state index is 0.911. The van der Waals surface area contributed by atoms with Crippen LogP contribution in [0.2, 0.25) is 0 Å². The number of nitrogens with one attached hydrogen (secondary N) is 1. The Morgan fingerprint density at radius 1 is 1.07 bits per heavy atom. The quantitative estimate of drug-likeness (QED) is 0.632. The maximum Gasteiger partial charge on any atom is 0.147 e. The van der Waals surface area contributed by atoms with Gasteiger partial charge in [-0.1, -0.05) is 0 Å². The third kappa shape index (κ3) is 4.31. The summed E-state index contributed by atoms with van der Waals surface area (Å²) in [6.45, 7) is 6.40. The van der Waals surface area contributed by atoms with Gasteiger partial charge in [-0.05, 0) is 48.7 Å². The molecular formula is C20H25N5OS. The first-order valence-electron chi connectivity index (χ1n) is 9.37. The zero-order valence-corrected chi connectivity index (χ0v) is 16.4. The molecule has 3 aromatic rings. The van der Waals surface area contributed by atoms with Crippen molar-refractivity contribution in [2.45, 2.75) is 6.42 Å². The number of piperazine rings is 1. The fraction of sp³-hybridized carbons (Fsp3) is 0.400. The second kappa shape index (κ2) is 8.54. The zero-order chi connectivity index (χ0) is 18.5. The lowest BCUT2D eigenvalue weighted by atomic mass is 10.2. The first-order valence-corrected chi connectivity index (χ1v) is 10.2. The maximum atomic E-state index is 5.24. The van der Waals surface area contributed by atoms with Crippen molar-refractivity contribution in [1.82, 2.24) is 14.9 Å². The molecular weight excluding hydrogens is 358 g/mol. The van der Waals surface area contributed by atoms with Gasteiger partial charge in [-0.25, -0.2) is 9.97 Å². The molecule has 27 heavy (non-hydrogen) atoms. The van der Waals surface area contributed by atoms with E-state index in [0.29, 0.717) is 0 Å². The molecule has 4 rings (SSSR count). The summed E-state index contributed by atoms with van der Waals surface area (Å²) in [5.41, 5.74) is 2.30. The van der Waals surface area contributed by atoms with Crippen LogP contribution < -0.4 is 15.0 Å². The van der Waals surface area contributed by atoms with Crippen molar-refractivity contribution in [2.24, 2.45) is 0 Å². The molecule has 1 fully saturated rings. The Balaban J connectivity index is 1.20. The number of hydrogen-bond acceptors (Lipinski definition) is 7. The van der Waals surface area contributed by atoms with Crippen molar-refractivity contribution in [3.63, 3.8) is 0 Å². The number of hydrogen-bond donors (Lipinski definition) is 1. The van der Waals surface area contributed by atoms with Crippen molar-refractivity contribution in [1.29, 1.82) is 0 Å². The van der Waals surface area contributed by atoms with Gasteiger partial charge >= 0.3 is 0 Å². The van der Waals surface area contributed by atoms with E-state index >= 15 is 0 Å². The highest BCUT2D eigenvalue weighted by Gasteiger charge is 2.16. The molecule has 0 bridgehead atoms. The van der Waals surface area contributed by atoms with Gasteiger partial charge in [0.2, 0.25) is 0 Å². The molecule has 0 unspecified atom stereocenters. The van der Waals surface area contributed by atoms with Crippen LogP contribution in [0.1, 0.15) is 6.42 Å². The van der Waals surface area contributed by atoms with E-state index in [0.717, 1.165) is 67.5 Å². The van der Waals surface area contributed by atoms with Crippen LogP contribution in [0, 0.1) is 0 Å². The molecule has 0 amide bonds. The summed E-state index contributed by atoms with van der Waals surface area (Å²) in [6, 6.07) is 10.4. The van der Waals surface area contributed by atoms with Gasteiger partial charge in [0, 0.05) is 38.4 Å². The molecule has 0 radical (unpaired) electrons. The molecule has 0 atom stereocenters. The fourth-order valence-corrected chi connectivity index (χ4v) is 4.26. The van der Waals surface area contributed by atoms with Crippen LogP contribution in [0.5, 0.6) is 5.75 Å². The van der Waals surface area contributed by atoms with E-state index in [2.05, 4.69) is 42.6 Å². The molecule has 1 aliphatic rings. The van der Waals surface area contributed by atoms with Crippen LogP contribution in [0.25, 0.3) is 10.2 Å². The van der Waals surface area contributed by atoms with Crippen molar-refractivity contribution in [3.8, 4) is 5.75 Å². The number of aromatic nitrogens is 2. The summed E-state index contributed by atoms with van der Waals surface area (Å²) < 4.78 is 6.38. The van der Waals surface area contributed by atoms with E-state index < -0.39 is 0 Å². The van der Waals surface area contributed by atoms with Crippen molar-refractivity contribution in [2.75, 3.05) is 56.6 Å². The Bertz CT molecular complexity index is 858. The first kappa shape index (κ1) is 18.0. The van der Waals surface area contributed by atoms with Crippen LogP contribution in [-0.4, -0.2) is 61.2 Å². The average molecular weight is 384 g/mol. The Labute approximate surface area is 163 Å². The number of fused-ring (bicyclic) bond motifs is 1. The predicted molar refractivity (Wildman–Crippen MR) is 112 cm³/mol. The Hall–Kier alpha value is -2.38. The lowest BCUT2D eigenvalue weighted by molar-refractivity contribution is 0.257. The summed E-state index contributed by atoms with van der Waals surface area (Å²) in [6.07, 6.45) is 2.75. The minimum Gasteiger partial charge on any atom is -0.497 e. The van der Waals surface area contributed by atoms with E-state index in [1.807, 2.05) is 18.2 Å². The highest BCUT2D eigenvalue weighted by Crippen LogP contribution is 2.24. The summed E-state index contributed by atoms with van der Waals surface area (Å²) in [5.74, 6) is 1.87. The van der Waals surface area contributed by atoms with Gasteiger partial charge in [0.1, 0.15) is 17.9 Å². The Kier molecular flexibility index (Phi) is 5.69. The molecule has 3 heterocycles. The summed E-state index contributed by atoms with van der Waals surface area (Å²) >= 11 is 1.69. The van der Waals surface area contributed by atoms with Crippen LogP contribution in [-0.2, 0) is 0 Å². The number of nitrogens with zero attached hydrogens (tertiary/aromatic N) is 4. The first-order chi connectivity index (χ1) is 13.3. The van der Waals surface area contributed by atoms with Crippen LogP contribution in [0.4, 0.5) is 11.5 Å². The van der Waals surface area contributed by atoms with Gasteiger partial charge in [0.05, 0.1) is 17.3 Å². The van der Waals surface area contributed by atoms with Gasteiger partial charge in [0.25, 0.3) is 0 Å². The highest BCUT2D eigenvalue weighted by molar-refractivity contribution is 7.17. The largest absolute Gasteiger partial charge is 0.497 e. The molecule has 1 aliphatic heterocycles. The smallest absolute Gasteiger partial charge is 0.147 e. The average Bonchev–Trinajstić information content (AvgIpc) is 3.21. The second-order valence-electron chi connectivity index (χ2n) is 6.66. The molecule has 0 spiro atoms. The van der Waals surface area contributed by atoms with Gasteiger partial charge in [-0.3, -0.25) is 4.90 Å². The van der Waals surface area contributed by atoms with Crippen LogP contribution in [0.15, 0.2) is 42.0 Å². The number of ether oxygens (including phenoxy) is 1. The monoisotopic (exact) mass is 383 g/mol. The van der Waals surface area contributed by atoms with E-state index in [1.54, 1.807) is 24.8 Å². The molecule has 1 N–H and O–H groups in total. The zero-order valence-electron chi connectivity index (χ0n) is 15.6. The predicted octanol–water partition coefficient (Wildman–Crippen LogP) is 3.32. The SMILES string of the molecule is COc1ccc(N2CCN(CCCNc3ncnc4ccsc34)CC2)cc1. The highest BCUT2D eigenvalue weighted by atomic mass is 32.1. The Morgan fingerprint density at radius 3 is 2.67 bits per heavy atom. The van der Waals surface area contributed by atoms with Crippen molar-refractivity contribution < 1.29 is 4.74 Å². The number of rotatable bonds is 7. The molecule has 7 heteroatoms. The third-order valence-electron chi connectivity index (χ3n) is 5.00. The molecule has 6 nitrogen and oxygen atoms in total. The molecule has 0 saturated carbocycles. The van der Waals surface area contributed by atoms with E-state index in [-0.39, 0.29) is 0 Å². The molecule has 1 aromatic carbocycles. The maximum absolute atomic E-state index is 5.24. The lowest BCUT2D eigenvalue weighted by Gasteiger charge is -2.36. The second-order valence-corrected chi connectivity index (χ2v) is 7.58. The van der Waals surface area contributed by atoms with Gasteiger partial charge in [0.15, 0.2) is 0 Å². The number of thiophene rings is 1. The molecule has 0 aliphatic carbocycles. The van der Waals surface area contributed by atoms with Gasteiger partial charge < -0.3 is 15.0 Å². The normalized spacial score (nSPS) is 15.2. The van der Waals surface area contributed by atoms with Crippen LogP contribution in [0.3, 0.4) is 0 Å². The standard InChI is InChI=1S/C20H25N5OS/c1-26-17-5-3-16(4-6-17)25-12-10-24(11-13-25)9-2-8-21-20-19-18(7-14-27-19)22-15-23-20/h3-7,14-15H,2,8-13H2,1H3,(H,21,22,23). The van der Waals surface area contributed by atoms with Crippen molar-refractivity contribution >= 4 is 33.1 Å². The number of anilines is 2. The summed E-state index contributed by atoms with van der Waals surface area (Å²) in [7, 11) is 1.70. The van der Waals surface area contributed by atoms with Gasteiger partial charge in [-0.2, -0.15) is 0 Å². The summed E-state index contributed by atoms with van der Waals surface area (Å²) in [5, 5.41) is 5.53. The van der Waals surface area contributed by atoms with E-state index in [4.69, 9.17) is 4.74 Å². The number of methoxy groups -OCH3 is 1. The lowest BCUT2D eigenvalue weighted by Crippen LogP contribution is -2.46.